The molecule has 0 bridgehead atoms. The van der Waals surface area contributed by atoms with Gasteiger partial charge in [-0.05, 0) is 70.2 Å². The highest BCUT2D eigenvalue weighted by Crippen LogP contribution is 2.49. The topological polar surface area (TPSA) is 123 Å². The maximum atomic E-state index is 14.2. The average Bonchev–Trinajstić information content (AvgIpc) is 2.95. The number of nitrogens with one attached hydrogen (secondary N) is 2. The number of para-hydroxylation sites is 4. The van der Waals surface area contributed by atoms with Crippen molar-refractivity contribution in [1.82, 2.24) is 0 Å². The Morgan fingerprint density at radius 3 is 1.91 bits per heavy atom. The number of Topliss-reactive ketones (excluding diaryl/α,β-unsaturated/α-hetero) is 1. The number of anilines is 2. The minimum atomic E-state index is -1.79. The van der Waals surface area contributed by atoms with Crippen LogP contribution in [0.4, 0.5) is 11.4 Å². The van der Waals surface area contributed by atoms with Gasteiger partial charge in [-0.1, -0.05) is 40.2 Å². The van der Waals surface area contributed by atoms with E-state index < -0.39 is 47.4 Å². The van der Waals surface area contributed by atoms with Crippen molar-refractivity contribution in [3.8, 4) is 17.2 Å². The standard InChI is InChI=1S/C33H37BrN2O7/c1-5-41-25-17-16-20(34)18-21(25)28-29(31(38)35-22-12-8-10-14-26(22)42-6-2)24(37)19-33(4,40)30(28)32(39)36-23-13-9-11-15-27(23)43-7-3/h8-18,28-30,40H,5-7,19H2,1-4H3,(H,35,38)(H,36,39). The SMILES string of the molecule is CCOc1ccccc1NC(=O)C1C(=O)CC(C)(O)C(C(=O)Nc2ccccc2OCC)C1c1cc(Br)ccc1OCC. The highest BCUT2D eigenvalue weighted by Gasteiger charge is 2.56. The first-order chi connectivity index (χ1) is 20.6. The van der Waals surface area contributed by atoms with Crippen LogP contribution in [0.15, 0.2) is 71.2 Å². The summed E-state index contributed by atoms with van der Waals surface area (Å²) in [5.74, 6) is -4.02. The Morgan fingerprint density at radius 1 is 0.837 bits per heavy atom. The van der Waals surface area contributed by atoms with E-state index in [1.54, 1.807) is 66.7 Å². The van der Waals surface area contributed by atoms with Crippen molar-refractivity contribution in [3.05, 3.63) is 76.8 Å². The molecule has 0 aromatic heterocycles. The predicted molar refractivity (Wildman–Crippen MR) is 168 cm³/mol. The van der Waals surface area contributed by atoms with Gasteiger partial charge in [0.2, 0.25) is 11.8 Å². The molecule has 0 aliphatic heterocycles. The molecule has 1 aliphatic carbocycles. The lowest BCUT2D eigenvalue weighted by Gasteiger charge is -2.44. The van der Waals surface area contributed by atoms with Crippen molar-refractivity contribution in [2.75, 3.05) is 30.5 Å². The van der Waals surface area contributed by atoms with E-state index in [-0.39, 0.29) is 0 Å². The van der Waals surface area contributed by atoms with E-state index in [9.17, 15) is 19.5 Å². The first-order valence-electron chi connectivity index (χ1n) is 14.3. The molecule has 43 heavy (non-hydrogen) atoms. The molecular formula is C33H37BrN2O7. The van der Waals surface area contributed by atoms with Gasteiger partial charge in [-0.3, -0.25) is 14.4 Å². The predicted octanol–water partition coefficient (Wildman–Crippen LogP) is 5.96. The van der Waals surface area contributed by atoms with Gasteiger partial charge in [0.15, 0.2) is 0 Å². The van der Waals surface area contributed by atoms with Crippen molar-refractivity contribution in [3.63, 3.8) is 0 Å². The van der Waals surface area contributed by atoms with Gasteiger partial charge >= 0.3 is 0 Å². The van der Waals surface area contributed by atoms with E-state index in [4.69, 9.17) is 14.2 Å². The van der Waals surface area contributed by atoms with Crippen LogP contribution < -0.4 is 24.8 Å². The van der Waals surface area contributed by atoms with Crippen LogP contribution in [-0.2, 0) is 14.4 Å². The number of hydrogen-bond acceptors (Lipinski definition) is 7. The van der Waals surface area contributed by atoms with E-state index in [1.807, 2.05) is 20.8 Å². The second kappa shape index (κ2) is 14.1. The third kappa shape index (κ3) is 7.19. The molecule has 10 heteroatoms. The number of ketones is 1. The zero-order valence-corrected chi connectivity index (χ0v) is 26.3. The highest BCUT2D eigenvalue weighted by atomic mass is 79.9. The van der Waals surface area contributed by atoms with E-state index >= 15 is 0 Å². The first-order valence-corrected chi connectivity index (χ1v) is 15.1. The molecule has 0 heterocycles. The van der Waals surface area contributed by atoms with Gasteiger partial charge in [0.25, 0.3) is 0 Å². The quantitative estimate of drug-likeness (QED) is 0.218. The number of aliphatic hydroxyl groups is 1. The average molecular weight is 654 g/mol. The van der Waals surface area contributed by atoms with Crippen LogP contribution in [0.5, 0.6) is 17.2 Å². The lowest BCUT2D eigenvalue weighted by Crippen LogP contribution is -2.56. The molecule has 0 saturated heterocycles. The molecule has 3 aromatic rings. The molecule has 0 radical (unpaired) electrons. The van der Waals surface area contributed by atoms with Gasteiger partial charge in [-0.2, -0.15) is 0 Å². The second-order valence-electron chi connectivity index (χ2n) is 10.4. The number of rotatable bonds is 11. The molecular weight excluding hydrogens is 616 g/mol. The molecule has 1 fully saturated rings. The summed E-state index contributed by atoms with van der Waals surface area (Å²) >= 11 is 3.50. The summed E-state index contributed by atoms with van der Waals surface area (Å²) in [6.45, 7) is 8.00. The van der Waals surface area contributed by atoms with Crippen LogP contribution >= 0.6 is 15.9 Å². The fourth-order valence-corrected chi connectivity index (χ4v) is 6.04. The summed E-state index contributed by atoms with van der Waals surface area (Å²) in [5, 5.41) is 17.5. The second-order valence-corrected chi connectivity index (χ2v) is 11.3. The Morgan fingerprint density at radius 2 is 1.35 bits per heavy atom. The molecule has 1 aliphatic rings. The molecule has 1 saturated carbocycles. The van der Waals surface area contributed by atoms with E-state index in [2.05, 4.69) is 26.6 Å². The molecule has 4 rings (SSSR count). The normalized spacial score (nSPS) is 21.5. The first kappa shape index (κ1) is 32.0. The van der Waals surface area contributed by atoms with Crippen molar-refractivity contribution in [2.45, 2.75) is 45.6 Å². The molecule has 3 N–H and O–H groups in total. The van der Waals surface area contributed by atoms with Crippen LogP contribution in [0, 0.1) is 11.8 Å². The fraction of sp³-hybridized carbons (Fsp3) is 0.364. The molecule has 4 unspecified atom stereocenters. The number of benzene rings is 3. The molecule has 228 valence electrons. The van der Waals surface area contributed by atoms with Gasteiger partial charge in [0.05, 0.1) is 42.7 Å². The summed E-state index contributed by atoms with van der Waals surface area (Å²) in [6, 6.07) is 19.1. The minimum absolute atomic E-state index is 0.308. The highest BCUT2D eigenvalue weighted by molar-refractivity contribution is 9.10. The Bertz CT molecular complexity index is 1480. The van der Waals surface area contributed by atoms with Crippen LogP contribution in [0.1, 0.15) is 45.6 Å². The van der Waals surface area contributed by atoms with Crippen LogP contribution in [0.25, 0.3) is 0 Å². The van der Waals surface area contributed by atoms with Gasteiger partial charge in [0, 0.05) is 22.4 Å². The minimum Gasteiger partial charge on any atom is -0.494 e. The summed E-state index contributed by atoms with van der Waals surface area (Å²) in [5.41, 5.74) is -0.546. The van der Waals surface area contributed by atoms with Gasteiger partial charge < -0.3 is 30.0 Å². The van der Waals surface area contributed by atoms with Crippen molar-refractivity contribution < 1.29 is 33.7 Å². The summed E-state index contributed by atoms with van der Waals surface area (Å²) < 4.78 is 18.0. The number of carbonyl (C=O) groups excluding carboxylic acids is 3. The van der Waals surface area contributed by atoms with Crippen LogP contribution in [-0.4, -0.2) is 48.1 Å². The Balaban J connectivity index is 1.85. The van der Waals surface area contributed by atoms with Crippen LogP contribution in [0.3, 0.4) is 0 Å². The zero-order valence-electron chi connectivity index (χ0n) is 24.7. The maximum absolute atomic E-state index is 14.2. The number of amides is 2. The van der Waals surface area contributed by atoms with E-state index in [1.165, 1.54) is 6.92 Å². The Labute approximate surface area is 260 Å². The van der Waals surface area contributed by atoms with Gasteiger partial charge in [-0.25, -0.2) is 0 Å². The summed E-state index contributed by atoms with van der Waals surface area (Å²) in [4.78, 5) is 42.1. The van der Waals surface area contributed by atoms with Crippen molar-refractivity contribution in [2.24, 2.45) is 11.8 Å². The lowest BCUT2D eigenvalue weighted by atomic mass is 9.61. The summed E-state index contributed by atoms with van der Waals surface area (Å²) in [6.07, 6.45) is -0.405. The molecule has 4 atom stereocenters. The number of hydrogen-bond donors (Lipinski definition) is 3. The zero-order chi connectivity index (χ0) is 31.1. The number of halogens is 1. The number of carbonyl (C=O) groups is 3. The van der Waals surface area contributed by atoms with Gasteiger partial charge in [-0.15, -0.1) is 0 Å². The smallest absolute Gasteiger partial charge is 0.235 e. The molecule has 3 aromatic carbocycles. The van der Waals surface area contributed by atoms with Crippen molar-refractivity contribution in [1.29, 1.82) is 0 Å². The number of ether oxygens (including phenoxy) is 3. The Kier molecular flexibility index (Phi) is 10.5. The lowest BCUT2D eigenvalue weighted by molar-refractivity contribution is -0.150. The maximum Gasteiger partial charge on any atom is 0.235 e. The molecule has 9 nitrogen and oxygen atoms in total. The summed E-state index contributed by atoms with van der Waals surface area (Å²) in [7, 11) is 0. The van der Waals surface area contributed by atoms with E-state index in [0.29, 0.717) is 58.5 Å². The third-order valence-electron chi connectivity index (χ3n) is 7.35. The van der Waals surface area contributed by atoms with Crippen molar-refractivity contribution >= 4 is 44.9 Å². The molecule has 0 spiro atoms. The molecule has 2 amide bonds. The van der Waals surface area contributed by atoms with Gasteiger partial charge in [0.1, 0.15) is 28.9 Å². The largest absolute Gasteiger partial charge is 0.494 e. The van der Waals surface area contributed by atoms with Crippen LogP contribution in [0.2, 0.25) is 0 Å². The fourth-order valence-electron chi connectivity index (χ4n) is 5.66. The third-order valence-corrected chi connectivity index (χ3v) is 7.85. The monoisotopic (exact) mass is 652 g/mol. The Hall–Kier alpha value is -3.89. The van der Waals surface area contributed by atoms with E-state index in [0.717, 1.165) is 0 Å².